The lowest BCUT2D eigenvalue weighted by Crippen LogP contribution is -2.31. The summed E-state index contributed by atoms with van der Waals surface area (Å²) in [6.07, 6.45) is 1.16. The zero-order valence-corrected chi connectivity index (χ0v) is 13.2. The summed E-state index contributed by atoms with van der Waals surface area (Å²) in [5, 5.41) is 3.03. The molecule has 1 aromatic carbocycles. The van der Waals surface area contributed by atoms with Gasteiger partial charge in [-0.05, 0) is 43.6 Å². The number of hydrogen-bond acceptors (Lipinski definition) is 4. The van der Waals surface area contributed by atoms with Crippen LogP contribution in [0.1, 0.15) is 23.7 Å². The van der Waals surface area contributed by atoms with E-state index in [1.807, 2.05) is 31.1 Å². The zero-order chi connectivity index (χ0) is 15.4. The van der Waals surface area contributed by atoms with Crippen molar-refractivity contribution in [1.29, 1.82) is 0 Å². The van der Waals surface area contributed by atoms with Crippen molar-refractivity contribution in [3.8, 4) is 0 Å². The lowest BCUT2D eigenvalue weighted by molar-refractivity contribution is 0.0947. The van der Waals surface area contributed by atoms with Crippen LogP contribution in [0.4, 0.5) is 11.4 Å². The van der Waals surface area contributed by atoms with Crippen LogP contribution in [0.5, 0.6) is 0 Å². The summed E-state index contributed by atoms with van der Waals surface area (Å²) in [7, 11) is 3.87. The van der Waals surface area contributed by atoms with Gasteiger partial charge in [-0.2, -0.15) is 0 Å². The summed E-state index contributed by atoms with van der Waals surface area (Å²) < 4.78 is 0. The highest BCUT2D eigenvalue weighted by Gasteiger charge is 2.21. The topological polar surface area (TPSA) is 61.6 Å². The van der Waals surface area contributed by atoms with E-state index < -0.39 is 0 Å². The maximum absolute atomic E-state index is 12.2. The van der Waals surface area contributed by atoms with Crippen molar-refractivity contribution in [2.45, 2.75) is 13.3 Å². The van der Waals surface area contributed by atoms with Gasteiger partial charge < -0.3 is 20.9 Å². The predicted octanol–water partition coefficient (Wildman–Crippen LogP) is 1.41. The molecule has 1 aliphatic heterocycles. The Labute approximate surface area is 127 Å². The minimum absolute atomic E-state index is 0.0399. The molecule has 3 N–H and O–H groups in total. The van der Waals surface area contributed by atoms with E-state index >= 15 is 0 Å². The van der Waals surface area contributed by atoms with Crippen molar-refractivity contribution < 1.29 is 4.79 Å². The number of carbonyl (C=O) groups excluding carboxylic acids is 1. The van der Waals surface area contributed by atoms with Gasteiger partial charge in [-0.3, -0.25) is 4.79 Å². The number of rotatable bonds is 5. The van der Waals surface area contributed by atoms with Gasteiger partial charge in [0.1, 0.15) is 0 Å². The number of nitrogens with two attached hydrogens (primary N) is 1. The van der Waals surface area contributed by atoms with Crippen molar-refractivity contribution >= 4 is 17.3 Å². The minimum atomic E-state index is -0.0399. The molecule has 5 heteroatoms. The van der Waals surface area contributed by atoms with Gasteiger partial charge in [0.25, 0.3) is 5.91 Å². The Kier molecular flexibility index (Phi) is 5.07. The van der Waals surface area contributed by atoms with Gasteiger partial charge in [-0.15, -0.1) is 0 Å². The van der Waals surface area contributed by atoms with Crippen LogP contribution in [0.15, 0.2) is 18.2 Å². The van der Waals surface area contributed by atoms with Crippen LogP contribution in [0.3, 0.4) is 0 Å². The van der Waals surface area contributed by atoms with E-state index in [-0.39, 0.29) is 5.91 Å². The minimum Gasteiger partial charge on any atom is -0.397 e. The smallest absolute Gasteiger partial charge is 0.251 e. The fraction of sp³-hybridized carbons (Fsp3) is 0.562. The van der Waals surface area contributed by atoms with E-state index in [1.165, 1.54) is 0 Å². The summed E-state index contributed by atoms with van der Waals surface area (Å²) in [6.45, 7) is 6.23. The number of hydrogen-bond donors (Lipinski definition) is 2. The molecule has 1 aromatic rings. The quantitative estimate of drug-likeness (QED) is 0.805. The average Bonchev–Trinajstić information content (AvgIpc) is 2.92. The number of benzene rings is 1. The average molecular weight is 290 g/mol. The van der Waals surface area contributed by atoms with Crippen molar-refractivity contribution in [3.05, 3.63) is 23.8 Å². The SMILES string of the molecule is CCN1CCC(CNC(=O)c2ccc(N(C)C)c(N)c2)C1. The standard InChI is InChI=1S/C16H26N4O/c1-4-20-8-7-12(11-20)10-18-16(21)13-5-6-15(19(2)3)14(17)9-13/h5-6,9,12H,4,7-8,10-11,17H2,1-3H3,(H,18,21). The second-order valence-corrected chi connectivity index (χ2v) is 5.93. The summed E-state index contributed by atoms with van der Waals surface area (Å²) in [6, 6.07) is 5.46. The number of nitrogen functional groups attached to an aromatic ring is 1. The third kappa shape index (κ3) is 3.88. The van der Waals surface area contributed by atoms with Crippen LogP contribution < -0.4 is 16.0 Å². The van der Waals surface area contributed by atoms with Gasteiger partial charge in [-0.25, -0.2) is 0 Å². The molecule has 0 aliphatic carbocycles. The molecule has 1 unspecified atom stereocenters. The molecule has 1 amide bonds. The Morgan fingerprint density at radius 2 is 2.24 bits per heavy atom. The highest BCUT2D eigenvalue weighted by Crippen LogP contribution is 2.22. The number of amides is 1. The molecule has 1 aliphatic rings. The van der Waals surface area contributed by atoms with Crippen molar-refractivity contribution in [3.63, 3.8) is 0 Å². The first-order valence-corrected chi connectivity index (χ1v) is 7.58. The molecule has 1 heterocycles. The maximum Gasteiger partial charge on any atom is 0.251 e. The highest BCUT2D eigenvalue weighted by molar-refractivity contribution is 5.96. The Balaban J connectivity index is 1.90. The molecule has 0 saturated carbocycles. The molecule has 1 atom stereocenters. The first kappa shape index (κ1) is 15.6. The third-order valence-electron chi connectivity index (χ3n) is 4.14. The summed E-state index contributed by atoms with van der Waals surface area (Å²) in [5.41, 5.74) is 8.18. The van der Waals surface area contributed by atoms with Gasteiger partial charge in [0.05, 0.1) is 11.4 Å². The van der Waals surface area contributed by atoms with Crippen LogP contribution >= 0.6 is 0 Å². The van der Waals surface area contributed by atoms with Crippen molar-refractivity contribution in [1.82, 2.24) is 10.2 Å². The van der Waals surface area contributed by atoms with Crippen molar-refractivity contribution in [2.24, 2.45) is 5.92 Å². The van der Waals surface area contributed by atoms with E-state index in [0.717, 1.165) is 38.3 Å². The molecule has 21 heavy (non-hydrogen) atoms. The second kappa shape index (κ2) is 6.80. The molecule has 2 rings (SSSR count). The monoisotopic (exact) mass is 290 g/mol. The number of nitrogens with zero attached hydrogens (tertiary/aromatic N) is 2. The lowest BCUT2D eigenvalue weighted by atomic mass is 10.1. The van der Waals surface area contributed by atoms with Gasteiger partial charge in [-0.1, -0.05) is 6.92 Å². The summed E-state index contributed by atoms with van der Waals surface area (Å²) in [5.74, 6) is 0.522. The lowest BCUT2D eigenvalue weighted by Gasteiger charge is -2.16. The van der Waals surface area contributed by atoms with Gasteiger partial charge in [0, 0.05) is 32.7 Å². The number of likely N-dealkylation sites (tertiary alicyclic amines) is 1. The van der Waals surface area contributed by atoms with E-state index in [0.29, 0.717) is 17.2 Å². The van der Waals surface area contributed by atoms with E-state index in [1.54, 1.807) is 6.07 Å². The number of carbonyl (C=O) groups is 1. The molecule has 0 radical (unpaired) electrons. The van der Waals surface area contributed by atoms with Crippen LogP contribution in [0, 0.1) is 5.92 Å². The Morgan fingerprint density at radius 3 is 2.81 bits per heavy atom. The predicted molar refractivity (Wildman–Crippen MR) is 87.7 cm³/mol. The molecule has 1 fully saturated rings. The molecular weight excluding hydrogens is 264 g/mol. The van der Waals surface area contributed by atoms with Gasteiger partial charge >= 0.3 is 0 Å². The Morgan fingerprint density at radius 1 is 1.48 bits per heavy atom. The van der Waals surface area contributed by atoms with Crippen LogP contribution in [-0.4, -0.2) is 51.1 Å². The second-order valence-electron chi connectivity index (χ2n) is 5.93. The van der Waals surface area contributed by atoms with Gasteiger partial charge in [0.15, 0.2) is 0 Å². The van der Waals surface area contributed by atoms with E-state index in [4.69, 9.17) is 5.73 Å². The first-order valence-electron chi connectivity index (χ1n) is 7.58. The molecule has 0 bridgehead atoms. The normalized spacial score (nSPS) is 18.7. The third-order valence-corrected chi connectivity index (χ3v) is 4.14. The highest BCUT2D eigenvalue weighted by atomic mass is 16.1. The molecular formula is C16H26N4O. The molecule has 1 saturated heterocycles. The maximum atomic E-state index is 12.2. The summed E-state index contributed by atoms with van der Waals surface area (Å²) in [4.78, 5) is 16.5. The Bertz CT molecular complexity index is 501. The zero-order valence-electron chi connectivity index (χ0n) is 13.2. The number of anilines is 2. The van der Waals surface area contributed by atoms with Crippen molar-refractivity contribution in [2.75, 3.05) is 50.9 Å². The summed E-state index contributed by atoms with van der Waals surface area (Å²) >= 11 is 0. The first-order chi connectivity index (χ1) is 10.0. The Hall–Kier alpha value is -1.75. The largest absolute Gasteiger partial charge is 0.397 e. The molecule has 5 nitrogen and oxygen atoms in total. The van der Waals surface area contributed by atoms with Crippen LogP contribution in [-0.2, 0) is 0 Å². The van der Waals surface area contributed by atoms with Gasteiger partial charge in [0.2, 0.25) is 0 Å². The molecule has 116 valence electrons. The van der Waals surface area contributed by atoms with E-state index in [2.05, 4.69) is 17.1 Å². The molecule has 0 aromatic heterocycles. The number of nitrogens with one attached hydrogen (secondary N) is 1. The fourth-order valence-corrected chi connectivity index (χ4v) is 2.81. The van der Waals surface area contributed by atoms with E-state index in [9.17, 15) is 4.79 Å². The fourth-order valence-electron chi connectivity index (χ4n) is 2.81. The van der Waals surface area contributed by atoms with Crippen LogP contribution in [0.25, 0.3) is 0 Å². The molecule has 0 spiro atoms. The van der Waals surface area contributed by atoms with Crippen LogP contribution in [0.2, 0.25) is 0 Å².